The second-order valence-corrected chi connectivity index (χ2v) is 31.4. The Balaban J connectivity index is 0.000000113. The Bertz CT molecular complexity index is 5480. The molecule has 12 aromatic rings. The molecule has 4 aromatic carbocycles. The summed E-state index contributed by atoms with van der Waals surface area (Å²) in [6.45, 7) is 8.26. The average molecular weight is 1590 g/mol. The van der Waals surface area contributed by atoms with Crippen molar-refractivity contribution in [3.63, 3.8) is 0 Å². The molecule has 4 fully saturated rings. The van der Waals surface area contributed by atoms with E-state index < -0.39 is 0 Å². The predicted molar refractivity (Wildman–Crippen MR) is 465 cm³/mol. The molecule has 8 aromatic heterocycles. The molecule has 0 bridgehead atoms. The van der Waals surface area contributed by atoms with Gasteiger partial charge in [0.2, 0.25) is 5.88 Å². The molecular weight excluding hydrogens is 1490 g/mol. The summed E-state index contributed by atoms with van der Waals surface area (Å²) < 4.78 is 17.0. The van der Waals surface area contributed by atoms with Gasteiger partial charge in [0.1, 0.15) is 47.0 Å². The zero-order chi connectivity index (χ0) is 82.0. The number of nitrogens with one attached hydrogen (secondary N) is 8. The number of benzene rings is 4. The summed E-state index contributed by atoms with van der Waals surface area (Å²) in [6, 6.07) is 36.4. The van der Waals surface area contributed by atoms with E-state index in [9.17, 15) is 19.2 Å². The van der Waals surface area contributed by atoms with E-state index in [2.05, 4.69) is 163 Å². The van der Waals surface area contributed by atoms with E-state index >= 15 is 0 Å². The third-order valence-electron chi connectivity index (χ3n) is 22.7. The molecule has 0 unspecified atom stereocenters. The molecule has 0 aliphatic heterocycles. The van der Waals surface area contributed by atoms with Gasteiger partial charge in [-0.1, -0.05) is 24.3 Å². The highest BCUT2D eigenvalue weighted by Gasteiger charge is 2.33. The van der Waals surface area contributed by atoms with Gasteiger partial charge in [-0.05, 0) is 250 Å². The number of Topliss-reactive ketones (excluding diaryl/α,β-unsaturated/α-hetero) is 4. The van der Waals surface area contributed by atoms with Crippen molar-refractivity contribution in [2.45, 2.75) is 155 Å². The summed E-state index contributed by atoms with van der Waals surface area (Å²) in [5.41, 5.74) is 27.2. The van der Waals surface area contributed by atoms with Crippen molar-refractivity contribution in [3.05, 3.63) is 231 Å². The van der Waals surface area contributed by atoms with E-state index in [1.165, 1.54) is 18.5 Å². The van der Waals surface area contributed by atoms with Gasteiger partial charge >= 0.3 is 6.01 Å². The first kappa shape index (κ1) is 78.0. The van der Waals surface area contributed by atoms with Crippen LogP contribution in [0.5, 0.6) is 17.6 Å². The minimum Gasteiger partial charge on any atom is -0.489 e. The van der Waals surface area contributed by atoms with Crippen molar-refractivity contribution in [2.75, 3.05) is 70.7 Å². The molecular formula is C94H94N18O7. The number of aryl methyl sites for hydroxylation is 4. The topological polar surface area (TPSA) is 321 Å². The van der Waals surface area contributed by atoms with Gasteiger partial charge in [0.15, 0.2) is 29.0 Å². The van der Waals surface area contributed by atoms with E-state index in [-0.39, 0.29) is 29.2 Å². The van der Waals surface area contributed by atoms with Crippen LogP contribution in [0.15, 0.2) is 159 Å². The Morgan fingerprint density at radius 2 is 0.672 bits per heavy atom. The van der Waals surface area contributed by atoms with E-state index in [0.29, 0.717) is 67.3 Å². The summed E-state index contributed by atoms with van der Waals surface area (Å²) >= 11 is 0. The average Bonchev–Trinajstić information content (AvgIpc) is 1.71. The highest BCUT2D eigenvalue weighted by molar-refractivity contribution is 6.10. The molecule has 0 spiro atoms. The lowest BCUT2D eigenvalue weighted by atomic mass is 9.94. The number of rotatable bonds is 23. The Kier molecular flexibility index (Phi) is 22.2. The summed E-state index contributed by atoms with van der Waals surface area (Å²) in [5.74, 6) is 7.13. The number of fused-ring (bicyclic) bond motifs is 4. The highest BCUT2D eigenvalue weighted by Crippen LogP contribution is 2.45. The number of hydrogen-bond donors (Lipinski definition) is 8. The smallest absolute Gasteiger partial charge is 0.316 e. The second kappa shape index (κ2) is 33.9. The number of nitrogens with zero attached hydrogens (tertiary/aromatic N) is 10. The molecule has 25 heteroatoms. The summed E-state index contributed by atoms with van der Waals surface area (Å²) in [4.78, 5) is 85.3. The van der Waals surface area contributed by atoms with Crippen LogP contribution in [0.2, 0.25) is 0 Å². The van der Waals surface area contributed by atoms with Crippen LogP contribution in [-0.2, 0) is 25.7 Å². The van der Waals surface area contributed by atoms with Crippen molar-refractivity contribution in [2.24, 2.45) is 0 Å². The molecule has 119 heavy (non-hydrogen) atoms. The summed E-state index contributed by atoms with van der Waals surface area (Å²) in [7, 11) is 7.41. The molecule has 25 nitrogen and oxygen atoms in total. The lowest BCUT2D eigenvalue weighted by Crippen LogP contribution is -2.03. The maximum absolute atomic E-state index is 12.4. The van der Waals surface area contributed by atoms with Crippen LogP contribution in [0.4, 0.5) is 69.0 Å². The minimum absolute atomic E-state index is 0.202. The molecule has 0 amide bonds. The lowest BCUT2D eigenvalue weighted by Gasteiger charge is -2.15. The maximum Gasteiger partial charge on any atom is 0.316 e. The zero-order valence-electron chi connectivity index (χ0n) is 68.0. The summed E-state index contributed by atoms with van der Waals surface area (Å²) in [6.07, 6.45) is 29.9. The fourth-order valence-electron chi connectivity index (χ4n) is 16.0. The SMILES string of the molecule is CNc1ccc(-c2cnc(Nc3ccc(C4CC4)nc3)cc2C)c2c1C(=O)CC2.CNc1ccc(-c2cnc(Nc3ccc(OC4CC4)cn3)cc2C)c2c1C(=O)CC2.CNc1ccc(-c2cnc(Nc3ccc(OC4CC4)nn3)cc2C)c2c1C(=O)CC2.CNc1ccc(-c2cnc(Nc3cnc(OC4CC4)nc3)cc2C)c2c1C(=O)CC2. The van der Waals surface area contributed by atoms with E-state index in [1.54, 1.807) is 18.6 Å². The van der Waals surface area contributed by atoms with Crippen molar-refractivity contribution in [3.8, 4) is 62.1 Å². The van der Waals surface area contributed by atoms with Crippen molar-refractivity contribution in [1.82, 2.24) is 50.1 Å². The Morgan fingerprint density at radius 1 is 0.303 bits per heavy atom. The standard InChI is InChI=1S/C24H24N4O2.C24H24N4O.2C23H23N5O2/c1-14-11-23(28-22-10-5-16(12-26-22)30-15-3-4-15)27-13-19(14)17-6-8-20(25-2)24-18(17)7-9-21(24)29;1-14-11-23(28-16-5-8-20(26-12-16)15-3-4-15)27-13-19(14)17-6-9-21(25-2)24-18(17)7-10-22(24)29;1-13-9-21(28-14-10-26-23(27-11-14)30-15-3-4-15)25-12-18(13)16-5-7-19(24-2)22-17(16)6-8-20(22)29;1-13-11-21(26-20-9-10-22(28-27-20)30-14-3-4-14)25-12-17(13)15-5-7-18(24-2)23-16(15)6-8-19(23)29/h5-6,8,10-13,15,25H,3-4,7,9H2,1-2H3,(H,26,27,28);5-6,8-9,11-13,15,25H,3-4,7,10H2,1-2H3,(H,27,28);5,7,9-12,15,24H,3-4,6,8H2,1-2H3,(H,25,28);5,7,9-12,14,24H,3-4,6,8H2,1-2H3,(H,25,26,27). The Morgan fingerprint density at radius 3 is 1.03 bits per heavy atom. The summed E-state index contributed by atoms with van der Waals surface area (Å²) in [5, 5.41) is 33.9. The Labute approximate surface area is 690 Å². The maximum atomic E-state index is 12.4. The van der Waals surface area contributed by atoms with Gasteiger partial charge in [0, 0.05) is 164 Å². The zero-order valence-corrected chi connectivity index (χ0v) is 68.0. The van der Waals surface area contributed by atoms with Gasteiger partial charge < -0.3 is 56.7 Å². The van der Waals surface area contributed by atoms with E-state index in [4.69, 9.17) is 14.2 Å². The van der Waals surface area contributed by atoms with Crippen LogP contribution in [0.25, 0.3) is 44.5 Å². The molecule has 8 N–H and O–H groups in total. The van der Waals surface area contributed by atoms with Gasteiger partial charge in [-0.25, -0.2) is 34.9 Å². The number of carbonyl (C=O) groups is 4. The van der Waals surface area contributed by atoms with Crippen LogP contribution >= 0.6 is 0 Å². The molecule has 8 aliphatic rings. The van der Waals surface area contributed by atoms with Gasteiger partial charge in [-0.15, -0.1) is 10.2 Å². The quantitative estimate of drug-likeness (QED) is 0.0295. The molecule has 8 aliphatic carbocycles. The van der Waals surface area contributed by atoms with E-state index in [1.807, 2.05) is 126 Å². The first-order chi connectivity index (χ1) is 58.0. The highest BCUT2D eigenvalue weighted by atomic mass is 16.5. The van der Waals surface area contributed by atoms with Gasteiger partial charge in [0.05, 0.1) is 42.3 Å². The molecule has 0 saturated heterocycles. The number of anilines is 12. The van der Waals surface area contributed by atoms with Crippen molar-refractivity contribution in [1.29, 1.82) is 0 Å². The van der Waals surface area contributed by atoms with Crippen molar-refractivity contribution >= 4 is 92.2 Å². The van der Waals surface area contributed by atoms with Crippen LogP contribution < -0.4 is 56.7 Å². The number of carbonyl (C=O) groups excluding carboxylic acids is 4. The van der Waals surface area contributed by atoms with Crippen LogP contribution in [0.3, 0.4) is 0 Å². The van der Waals surface area contributed by atoms with Crippen LogP contribution in [-0.4, -0.2) is 120 Å². The largest absolute Gasteiger partial charge is 0.489 e. The predicted octanol–water partition coefficient (Wildman–Crippen LogP) is 18.8. The first-order valence-corrected chi connectivity index (χ1v) is 41.0. The minimum atomic E-state index is 0.202. The van der Waals surface area contributed by atoms with Crippen LogP contribution in [0, 0.1) is 27.7 Å². The Hall–Kier alpha value is -13.6. The fraction of sp³-hybridized carbons (Fsp3) is 0.298. The second-order valence-electron chi connectivity index (χ2n) is 31.4. The fourth-order valence-corrected chi connectivity index (χ4v) is 16.0. The number of pyridine rings is 6. The third kappa shape index (κ3) is 17.5. The van der Waals surface area contributed by atoms with Gasteiger partial charge in [-0.3, -0.25) is 24.2 Å². The van der Waals surface area contributed by atoms with Crippen LogP contribution in [0.1, 0.15) is 175 Å². The molecule has 20 rings (SSSR count). The molecule has 0 atom stereocenters. The number of ether oxygens (including phenoxy) is 3. The van der Waals surface area contributed by atoms with Gasteiger partial charge in [-0.2, -0.15) is 0 Å². The van der Waals surface area contributed by atoms with E-state index in [0.717, 1.165) is 239 Å². The number of aromatic nitrogens is 10. The van der Waals surface area contributed by atoms with Gasteiger partial charge in [0.25, 0.3) is 0 Å². The van der Waals surface area contributed by atoms with Crippen molar-refractivity contribution < 1.29 is 33.4 Å². The molecule has 4 saturated carbocycles. The first-order valence-electron chi connectivity index (χ1n) is 41.0. The third-order valence-corrected chi connectivity index (χ3v) is 22.7. The normalized spacial score (nSPS) is 15.1. The molecule has 602 valence electrons. The lowest BCUT2D eigenvalue weighted by molar-refractivity contribution is 0.0987. The monoisotopic (exact) mass is 1590 g/mol. The molecule has 8 heterocycles. The number of ketones is 4. The number of hydrogen-bond acceptors (Lipinski definition) is 25. The molecule has 0 radical (unpaired) electrons.